The topological polar surface area (TPSA) is 59.9 Å². The Balaban J connectivity index is 2.57. The molecule has 0 radical (unpaired) electrons. The third-order valence-corrected chi connectivity index (χ3v) is 1.22. The van der Waals surface area contributed by atoms with Gasteiger partial charge in [-0.2, -0.15) is 0 Å². The highest BCUT2D eigenvalue weighted by atomic mass is 16.7. The van der Waals surface area contributed by atoms with Gasteiger partial charge in [-0.1, -0.05) is 0 Å². The largest absolute Gasteiger partial charge is 0.477 e. The third kappa shape index (κ3) is 1.83. The van der Waals surface area contributed by atoms with Crippen LogP contribution in [0.25, 0.3) is 0 Å². The zero-order valence-corrected chi connectivity index (χ0v) is 6.46. The Bertz CT molecular complexity index is 190. The number of amides is 1. The van der Waals surface area contributed by atoms with Gasteiger partial charge >= 0.3 is 6.09 Å². The molecule has 0 bridgehead atoms. The second-order valence-electron chi connectivity index (χ2n) is 2.11. The summed E-state index contributed by atoms with van der Waals surface area (Å²) in [6.07, 6.45) is -0.541. The van der Waals surface area contributed by atoms with Gasteiger partial charge in [0.15, 0.2) is 0 Å². The molecule has 0 aromatic rings. The number of hydrogen-bond donors (Lipinski definition) is 1. The molecule has 11 heavy (non-hydrogen) atoms. The molecule has 1 atom stereocenters. The van der Waals surface area contributed by atoms with Gasteiger partial charge in [0.05, 0.1) is 6.61 Å². The number of hydrogen-bond acceptors (Lipinski definition) is 4. The molecule has 1 aliphatic rings. The molecule has 0 saturated heterocycles. The zero-order valence-electron chi connectivity index (χ0n) is 6.46. The van der Waals surface area contributed by atoms with Crippen LogP contribution in [0.3, 0.4) is 0 Å². The van der Waals surface area contributed by atoms with Crippen molar-refractivity contribution in [2.75, 3.05) is 6.61 Å². The van der Waals surface area contributed by atoms with E-state index in [4.69, 9.17) is 4.74 Å². The first-order valence-corrected chi connectivity index (χ1v) is 3.42. The van der Waals surface area contributed by atoms with E-state index in [9.17, 15) is 4.79 Å². The van der Waals surface area contributed by atoms with Gasteiger partial charge in [0.25, 0.3) is 0 Å². The monoisotopic (exact) mass is 158 g/mol. The van der Waals surface area contributed by atoms with Crippen LogP contribution >= 0.6 is 0 Å². The smallest absolute Gasteiger partial charge is 0.434 e. The minimum Gasteiger partial charge on any atom is -0.477 e. The minimum absolute atomic E-state index is 0.198. The highest BCUT2D eigenvalue weighted by Gasteiger charge is 2.21. The van der Waals surface area contributed by atoms with Gasteiger partial charge in [-0.05, 0) is 19.0 Å². The predicted molar refractivity (Wildman–Crippen MR) is 38.1 cm³/mol. The van der Waals surface area contributed by atoms with E-state index in [0.29, 0.717) is 12.5 Å². The summed E-state index contributed by atoms with van der Waals surface area (Å²) >= 11 is 0. The lowest BCUT2D eigenvalue weighted by Gasteiger charge is -2.18. The molecular formula is C6H10N2O3. The van der Waals surface area contributed by atoms with Gasteiger partial charge in [-0.3, -0.25) is 4.84 Å². The van der Waals surface area contributed by atoms with Crippen LogP contribution in [0.2, 0.25) is 0 Å². The number of nitrogens with zero attached hydrogens (tertiary/aromatic N) is 1. The van der Waals surface area contributed by atoms with Gasteiger partial charge in [-0.25, -0.2) is 4.79 Å². The van der Waals surface area contributed by atoms with Crippen LogP contribution in [0.4, 0.5) is 4.79 Å². The highest BCUT2D eigenvalue weighted by molar-refractivity contribution is 5.87. The van der Waals surface area contributed by atoms with Gasteiger partial charge in [0.1, 0.15) is 6.04 Å². The fourth-order valence-electron chi connectivity index (χ4n) is 0.730. The average molecular weight is 158 g/mol. The van der Waals surface area contributed by atoms with Crippen molar-refractivity contribution >= 4 is 12.0 Å². The number of carbonyl (C=O) groups excluding carboxylic acids is 1. The van der Waals surface area contributed by atoms with Gasteiger partial charge in [0, 0.05) is 0 Å². The summed E-state index contributed by atoms with van der Waals surface area (Å²) in [5, 5.41) is 5.96. The maximum atomic E-state index is 10.5. The van der Waals surface area contributed by atoms with Crippen LogP contribution in [0, 0.1) is 0 Å². The molecule has 1 unspecified atom stereocenters. The molecule has 0 aromatic heterocycles. The summed E-state index contributed by atoms with van der Waals surface area (Å²) in [5.74, 6) is 0.409. The molecule has 0 aromatic carbocycles. The van der Waals surface area contributed by atoms with Crippen molar-refractivity contribution < 1.29 is 14.4 Å². The van der Waals surface area contributed by atoms with Crippen molar-refractivity contribution in [3.8, 4) is 0 Å². The van der Waals surface area contributed by atoms with Gasteiger partial charge < -0.3 is 10.1 Å². The normalized spacial score (nSPS) is 23.3. The number of carbonyl (C=O) groups is 1. The van der Waals surface area contributed by atoms with E-state index in [1.54, 1.807) is 6.92 Å². The first kappa shape index (κ1) is 7.84. The van der Waals surface area contributed by atoms with E-state index < -0.39 is 6.09 Å². The average Bonchev–Trinajstić information content (AvgIpc) is 1.95. The number of rotatable bonds is 1. The summed E-state index contributed by atoms with van der Waals surface area (Å²) in [7, 11) is 0. The van der Waals surface area contributed by atoms with E-state index >= 15 is 0 Å². The van der Waals surface area contributed by atoms with Crippen molar-refractivity contribution in [3.05, 3.63) is 0 Å². The fraction of sp³-hybridized carbons (Fsp3) is 0.667. The summed E-state index contributed by atoms with van der Waals surface area (Å²) in [6, 6.07) is -0.198. The van der Waals surface area contributed by atoms with Crippen molar-refractivity contribution in [2.45, 2.75) is 19.9 Å². The minimum atomic E-state index is -0.541. The highest BCUT2D eigenvalue weighted by Crippen LogP contribution is 1.99. The predicted octanol–water partition coefficient (Wildman–Crippen LogP) is 0.465. The van der Waals surface area contributed by atoms with Gasteiger partial charge in [-0.15, -0.1) is 0 Å². The molecule has 0 fully saturated rings. The van der Waals surface area contributed by atoms with Crippen molar-refractivity contribution in [1.29, 1.82) is 0 Å². The lowest BCUT2D eigenvalue weighted by molar-refractivity contribution is 0.130. The van der Waals surface area contributed by atoms with Crippen molar-refractivity contribution in [1.82, 2.24) is 5.32 Å². The summed E-state index contributed by atoms with van der Waals surface area (Å²) < 4.78 is 5.05. The van der Waals surface area contributed by atoms with Crippen LogP contribution in [0.1, 0.15) is 13.8 Å². The van der Waals surface area contributed by atoms with E-state index in [1.165, 1.54) is 0 Å². The molecule has 1 N–H and O–H groups in total. The second-order valence-corrected chi connectivity index (χ2v) is 2.11. The molecule has 5 heteroatoms. The maximum absolute atomic E-state index is 10.5. The van der Waals surface area contributed by atoms with E-state index in [1.807, 2.05) is 6.92 Å². The van der Waals surface area contributed by atoms with Crippen LogP contribution < -0.4 is 5.32 Å². The number of ether oxygens (including phenoxy) is 1. The molecule has 1 amide bonds. The number of nitrogens with one attached hydrogen (secondary N) is 1. The van der Waals surface area contributed by atoms with Crippen LogP contribution in [-0.4, -0.2) is 24.6 Å². The Hall–Kier alpha value is -1.26. The Morgan fingerprint density at radius 1 is 1.82 bits per heavy atom. The van der Waals surface area contributed by atoms with E-state index in [0.717, 1.165) is 0 Å². The summed E-state index contributed by atoms with van der Waals surface area (Å²) in [6.45, 7) is 4.13. The van der Waals surface area contributed by atoms with Crippen LogP contribution in [0.5, 0.6) is 0 Å². The molecule has 62 valence electrons. The first-order valence-electron chi connectivity index (χ1n) is 3.42. The molecule has 5 nitrogen and oxygen atoms in total. The van der Waals surface area contributed by atoms with E-state index in [2.05, 4.69) is 15.3 Å². The maximum Gasteiger partial charge on any atom is 0.434 e. The summed E-state index contributed by atoms with van der Waals surface area (Å²) in [4.78, 5) is 14.9. The summed E-state index contributed by atoms with van der Waals surface area (Å²) in [5.41, 5.74) is 0. The molecule has 0 spiro atoms. The molecule has 1 heterocycles. The van der Waals surface area contributed by atoms with Crippen molar-refractivity contribution in [2.24, 2.45) is 5.16 Å². The lowest BCUT2D eigenvalue weighted by Crippen LogP contribution is -2.43. The Morgan fingerprint density at radius 3 is 3.09 bits per heavy atom. The second kappa shape index (κ2) is 3.23. The molecular weight excluding hydrogens is 148 g/mol. The Labute approximate surface area is 64.3 Å². The zero-order chi connectivity index (χ0) is 8.27. The molecule has 0 saturated carbocycles. The Kier molecular flexibility index (Phi) is 2.30. The quantitative estimate of drug-likeness (QED) is 0.564. The molecule has 0 aliphatic carbocycles. The third-order valence-electron chi connectivity index (χ3n) is 1.22. The lowest BCUT2D eigenvalue weighted by atomic mass is 10.3. The van der Waals surface area contributed by atoms with Crippen molar-refractivity contribution in [3.63, 3.8) is 0 Å². The molecule has 1 rings (SSSR count). The first-order chi connectivity index (χ1) is 5.24. The van der Waals surface area contributed by atoms with Crippen LogP contribution in [0.15, 0.2) is 5.16 Å². The van der Waals surface area contributed by atoms with Gasteiger partial charge in [0.2, 0.25) is 5.90 Å². The Morgan fingerprint density at radius 2 is 2.55 bits per heavy atom. The fourth-order valence-corrected chi connectivity index (χ4v) is 0.730. The SMILES string of the molecule is CCOC1=NOC(=O)NC1C. The molecule has 1 aliphatic heterocycles. The van der Waals surface area contributed by atoms with E-state index in [-0.39, 0.29) is 6.04 Å². The standard InChI is InChI=1S/C6H10N2O3/c1-3-10-5-4(2)7-6(9)11-8-5/h4H,3H2,1-2H3,(H,7,9). The number of oxime groups is 1. The van der Waals surface area contributed by atoms with Crippen LogP contribution in [-0.2, 0) is 9.57 Å².